The molecule has 176 valence electrons. The first kappa shape index (κ1) is 24.9. The van der Waals surface area contributed by atoms with Gasteiger partial charge in [-0.15, -0.1) is 24.0 Å². The molecular weight excluding hydrogens is 521 g/mol. The minimum Gasteiger partial charge on any atom is -0.379 e. The smallest absolute Gasteiger partial charge is 0.191 e. The van der Waals surface area contributed by atoms with Crippen LogP contribution in [0, 0.1) is 0 Å². The van der Waals surface area contributed by atoms with Gasteiger partial charge in [0.2, 0.25) is 0 Å². The van der Waals surface area contributed by atoms with Crippen LogP contribution in [0.1, 0.15) is 29.2 Å². The molecule has 2 aliphatic rings. The highest BCUT2D eigenvalue weighted by molar-refractivity contribution is 14.0. The van der Waals surface area contributed by atoms with Gasteiger partial charge in [0, 0.05) is 52.8 Å². The maximum Gasteiger partial charge on any atom is 0.191 e. The minimum atomic E-state index is 0. The van der Waals surface area contributed by atoms with E-state index in [4.69, 9.17) is 9.47 Å². The standard InChI is InChI=1S/C22H33N7O2.HI/c1-23-22(25-19-6-7-21-26-20(16-30-2)27-29(21)15-19)24-13-17-4-3-5-18(12-17)14-28-8-10-31-11-9-28;/h3-5,12,19H,6-11,13-16H2,1-2H3,(H2,23,24,25);1H. The van der Waals surface area contributed by atoms with E-state index in [2.05, 4.69) is 54.9 Å². The molecule has 2 aliphatic heterocycles. The van der Waals surface area contributed by atoms with Crippen LogP contribution < -0.4 is 10.6 Å². The molecule has 0 aliphatic carbocycles. The highest BCUT2D eigenvalue weighted by Gasteiger charge is 2.22. The van der Waals surface area contributed by atoms with Gasteiger partial charge in [-0.3, -0.25) is 9.89 Å². The van der Waals surface area contributed by atoms with Gasteiger partial charge in [-0.1, -0.05) is 24.3 Å². The first-order valence-electron chi connectivity index (χ1n) is 11.0. The van der Waals surface area contributed by atoms with E-state index >= 15 is 0 Å². The van der Waals surface area contributed by atoms with E-state index in [0.717, 1.165) is 76.4 Å². The monoisotopic (exact) mass is 555 g/mol. The molecule has 32 heavy (non-hydrogen) atoms. The van der Waals surface area contributed by atoms with Crippen LogP contribution in [-0.4, -0.2) is 72.1 Å². The molecule has 10 heteroatoms. The van der Waals surface area contributed by atoms with Gasteiger partial charge < -0.3 is 20.1 Å². The van der Waals surface area contributed by atoms with Crippen LogP contribution in [0.2, 0.25) is 0 Å². The molecule has 2 aromatic rings. The van der Waals surface area contributed by atoms with E-state index in [0.29, 0.717) is 6.61 Å². The van der Waals surface area contributed by atoms with Crippen LogP contribution >= 0.6 is 24.0 Å². The number of aliphatic imine (C=N–C) groups is 1. The summed E-state index contributed by atoms with van der Waals surface area (Å²) in [7, 11) is 3.48. The van der Waals surface area contributed by atoms with E-state index in [1.807, 2.05) is 11.7 Å². The fourth-order valence-electron chi connectivity index (χ4n) is 4.10. The number of hydrogen-bond donors (Lipinski definition) is 2. The lowest BCUT2D eigenvalue weighted by atomic mass is 10.1. The van der Waals surface area contributed by atoms with Crippen molar-refractivity contribution in [2.75, 3.05) is 40.5 Å². The van der Waals surface area contributed by atoms with Crippen molar-refractivity contribution in [1.82, 2.24) is 30.3 Å². The van der Waals surface area contributed by atoms with E-state index in [1.54, 1.807) is 7.11 Å². The van der Waals surface area contributed by atoms with Crippen LogP contribution in [0.3, 0.4) is 0 Å². The average molecular weight is 555 g/mol. The molecule has 2 N–H and O–H groups in total. The van der Waals surface area contributed by atoms with Gasteiger partial charge in [0.05, 0.1) is 19.8 Å². The second kappa shape index (κ2) is 12.5. The molecule has 0 bridgehead atoms. The molecule has 1 saturated heterocycles. The summed E-state index contributed by atoms with van der Waals surface area (Å²) in [6.07, 6.45) is 1.90. The van der Waals surface area contributed by atoms with Crippen LogP contribution in [0.25, 0.3) is 0 Å². The molecule has 4 rings (SSSR count). The van der Waals surface area contributed by atoms with Gasteiger partial charge in [-0.2, -0.15) is 5.10 Å². The predicted molar refractivity (Wildman–Crippen MR) is 134 cm³/mol. The number of ether oxygens (including phenoxy) is 2. The number of halogens is 1. The Hall–Kier alpha value is -1.76. The lowest BCUT2D eigenvalue weighted by molar-refractivity contribution is 0.0342. The lowest BCUT2D eigenvalue weighted by Gasteiger charge is -2.27. The summed E-state index contributed by atoms with van der Waals surface area (Å²) < 4.78 is 12.6. The fourth-order valence-corrected chi connectivity index (χ4v) is 4.10. The van der Waals surface area contributed by atoms with Gasteiger partial charge in [-0.05, 0) is 17.5 Å². The van der Waals surface area contributed by atoms with Gasteiger partial charge >= 0.3 is 0 Å². The number of guanidine groups is 1. The van der Waals surface area contributed by atoms with Crippen molar-refractivity contribution in [3.05, 3.63) is 47.0 Å². The molecule has 0 amide bonds. The summed E-state index contributed by atoms with van der Waals surface area (Å²) in [5.41, 5.74) is 2.59. The lowest BCUT2D eigenvalue weighted by Crippen LogP contribution is -2.46. The zero-order valence-electron chi connectivity index (χ0n) is 18.9. The van der Waals surface area contributed by atoms with E-state index < -0.39 is 0 Å². The summed E-state index contributed by atoms with van der Waals surface area (Å²) in [5, 5.41) is 11.5. The number of rotatable bonds is 7. The summed E-state index contributed by atoms with van der Waals surface area (Å²) in [6, 6.07) is 9.02. The molecule has 0 saturated carbocycles. The Bertz CT molecular complexity index is 883. The highest BCUT2D eigenvalue weighted by atomic mass is 127. The number of morpholine rings is 1. The third-order valence-corrected chi connectivity index (χ3v) is 5.70. The van der Waals surface area contributed by atoms with Crippen LogP contribution in [-0.2, 0) is 42.1 Å². The zero-order chi connectivity index (χ0) is 21.5. The van der Waals surface area contributed by atoms with Crippen LogP contribution in [0.5, 0.6) is 0 Å². The van der Waals surface area contributed by atoms with Crippen molar-refractivity contribution >= 4 is 29.9 Å². The van der Waals surface area contributed by atoms with E-state index in [1.165, 1.54) is 11.1 Å². The predicted octanol–water partition coefficient (Wildman–Crippen LogP) is 1.55. The molecule has 1 unspecified atom stereocenters. The number of aryl methyl sites for hydroxylation is 1. The Kier molecular flexibility index (Phi) is 9.69. The van der Waals surface area contributed by atoms with Gasteiger partial charge in [0.1, 0.15) is 12.4 Å². The number of aromatic nitrogens is 3. The Morgan fingerprint density at radius 2 is 2.09 bits per heavy atom. The Morgan fingerprint density at radius 3 is 2.88 bits per heavy atom. The summed E-state index contributed by atoms with van der Waals surface area (Å²) in [4.78, 5) is 11.4. The molecule has 1 atom stereocenters. The molecule has 9 nitrogen and oxygen atoms in total. The number of benzene rings is 1. The Balaban J connectivity index is 0.00000289. The van der Waals surface area contributed by atoms with Crippen molar-refractivity contribution in [1.29, 1.82) is 0 Å². The number of nitrogens with zero attached hydrogens (tertiary/aromatic N) is 5. The van der Waals surface area contributed by atoms with Gasteiger partial charge in [0.15, 0.2) is 11.8 Å². The molecule has 3 heterocycles. The number of fused-ring (bicyclic) bond motifs is 1. The maximum absolute atomic E-state index is 5.45. The fraction of sp³-hybridized carbons (Fsp3) is 0.591. The first-order valence-corrected chi connectivity index (χ1v) is 11.0. The normalized spacial score (nSPS) is 19.2. The number of nitrogens with one attached hydrogen (secondary N) is 2. The third kappa shape index (κ3) is 6.87. The largest absolute Gasteiger partial charge is 0.379 e. The maximum atomic E-state index is 5.45. The first-order chi connectivity index (χ1) is 15.2. The minimum absolute atomic E-state index is 0. The van der Waals surface area contributed by atoms with Crippen molar-refractivity contribution in [3.63, 3.8) is 0 Å². The summed E-state index contributed by atoms with van der Waals surface area (Å²) in [6.45, 7) is 6.59. The van der Waals surface area contributed by atoms with E-state index in [-0.39, 0.29) is 30.0 Å². The van der Waals surface area contributed by atoms with Gasteiger partial charge in [-0.25, -0.2) is 9.67 Å². The quantitative estimate of drug-likeness (QED) is 0.305. The number of methoxy groups -OCH3 is 1. The van der Waals surface area contributed by atoms with Crippen molar-refractivity contribution in [2.45, 2.75) is 45.1 Å². The topological polar surface area (TPSA) is 88.8 Å². The zero-order valence-corrected chi connectivity index (χ0v) is 21.2. The third-order valence-electron chi connectivity index (χ3n) is 5.70. The molecule has 0 radical (unpaired) electrons. The second-order valence-electron chi connectivity index (χ2n) is 8.07. The summed E-state index contributed by atoms with van der Waals surface area (Å²) >= 11 is 0. The molecule has 1 fully saturated rings. The Labute approximate surface area is 207 Å². The Morgan fingerprint density at radius 1 is 1.28 bits per heavy atom. The van der Waals surface area contributed by atoms with Crippen LogP contribution in [0.15, 0.2) is 29.3 Å². The second-order valence-corrected chi connectivity index (χ2v) is 8.07. The van der Waals surface area contributed by atoms with Crippen molar-refractivity contribution < 1.29 is 9.47 Å². The van der Waals surface area contributed by atoms with Crippen LogP contribution in [0.4, 0.5) is 0 Å². The highest BCUT2D eigenvalue weighted by Crippen LogP contribution is 2.14. The molecule has 1 aromatic carbocycles. The SMILES string of the molecule is CN=C(NCc1cccc(CN2CCOCC2)c1)NC1CCc2nc(COC)nn2C1.I. The van der Waals surface area contributed by atoms with Crippen molar-refractivity contribution in [3.8, 4) is 0 Å². The number of hydrogen-bond acceptors (Lipinski definition) is 6. The molecule has 0 spiro atoms. The molecular formula is C22H34IN7O2. The average Bonchev–Trinajstić information content (AvgIpc) is 3.19. The molecule has 1 aromatic heterocycles. The van der Waals surface area contributed by atoms with E-state index in [9.17, 15) is 0 Å². The van der Waals surface area contributed by atoms with Crippen molar-refractivity contribution in [2.24, 2.45) is 4.99 Å². The summed E-state index contributed by atoms with van der Waals surface area (Å²) in [5.74, 6) is 2.59. The van der Waals surface area contributed by atoms with Gasteiger partial charge in [0.25, 0.3) is 0 Å².